The zero-order chi connectivity index (χ0) is 10.2. The van der Waals surface area contributed by atoms with Crippen LogP contribution in [0.15, 0.2) is 12.4 Å². The van der Waals surface area contributed by atoms with E-state index in [1.807, 2.05) is 17.7 Å². The number of aryl methyl sites for hydroxylation is 1. The Balaban J connectivity index is 2.07. The van der Waals surface area contributed by atoms with Crippen LogP contribution in [0.1, 0.15) is 25.6 Å². The molecule has 0 spiro atoms. The third kappa shape index (κ3) is 1.57. The van der Waals surface area contributed by atoms with Crippen molar-refractivity contribution in [1.82, 2.24) is 9.55 Å². The van der Waals surface area contributed by atoms with Gasteiger partial charge in [-0.3, -0.25) is 4.79 Å². The Morgan fingerprint density at radius 2 is 2.43 bits per heavy atom. The zero-order valence-corrected chi connectivity index (χ0v) is 8.36. The van der Waals surface area contributed by atoms with Crippen LogP contribution in [-0.2, 0) is 17.8 Å². The molecule has 1 saturated carbocycles. The van der Waals surface area contributed by atoms with Crippen LogP contribution in [0.3, 0.4) is 0 Å². The van der Waals surface area contributed by atoms with Crippen molar-refractivity contribution >= 4 is 5.78 Å². The molecule has 0 unspecified atom stereocenters. The zero-order valence-electron chi connectivity index (χ0n) is 8.36. The number of carbonyl (C=O) groups is 1. The van der Waals surface area contributed by atoms with Crippen LogP contribution in [0.2, 0.25) is 0 Å². The van der Waals surface area contributed by atoms with Gasteiger partial charge in [0.05, 0.1) is 12.0 Å². The first-order valence-corrected chi connectivity index (χ1v) is 4.98. The van der Waals surface area contributed by atoms with Crippen LogP contribution < -0.4 is 5.73 Å². The largest absolute Gasteiger partial charge is 0.335 e. The SMILES string of the molecule is CCn1ccnc1CC(=O)C1(N)CC1. The summed E-state index contributed by atoms with van der Waals surface area (Å²) < 4.78 is 1.98. The van der Waals surface area contributed by atoms with Gasteiger partial charge in [0.15, 0.2) is 5.78 Å². The minimum atomic E-state index is -0.523. The van der Waals surface area contributed by atoms with Crippen LogP contribution in [0.4, 0.5) is 0 Å². The van der Waals surface area contributed by atoms with Gasteiger partial charge in [-0.05, 0) is 19.8 Å². The Labute approximate surface area is 83.1 Å². The molecule has 1 heterocycles. The fourth-order valence-electron chi connectivity index (χ4n) is 1.53. The molecule has 4 nitrogen and oxygen atoms in total. The summed E-state index contributed by atoms with van der Waals surface area (Å²) in [5.41, 5.74) is 5.29. The van der Waals surface area contributed by atoms with Crippen molar-refractivity contribution in [3.05, 3.63) is 18.2 Å². The Kier molecular flexibility index (Phi) is 2.15. The average molecular weight is 193 g/mol. The number of aromatic nitrogens is 2. The maximum absolute atomic E-state index is 11.7. The van der Waals surface area contributed by atoms with E-state index in [2.05, 4.69) is 4.98 Å². The highest BCUT2D eigenvalue weighted by Gasteiger charge is 2.45. The lowest BCUT2D eigenvalue weighted by Crippen LogP contribution is -2.34. The maximum atomic E-state index is 11.7. The maximum Gasteiger partial charge on any atom is 0.160 e. The van der Waals surface area contributed by atoms with Crippen LogP contribution in [0.5, 0.6) is 0 Å². The van der Waals surface area contributed by atoms with E-state index in [1.165, 1.54) is 0 Å². The van der Waals surface area contributed by atoms with E-state index < -0.39 is 5.54 Å². The summed E-state index contributed by atoms with van der Waals surface area (Å²) in [6, 6.07) is 0. The van der Waals surface area contributed by atoms with Crippen LogP contribution in [0.25, 0.3) is 0 Å². The minimum absolute atomic E-state index is 0.124. The fourth-order valence-corrected chi connectivity index (χ4v) is 1.53. The highest BCUT2D eigenvalue weighted by atomic mass is 16.1. The van der Waals surface area contributed by atoms with E-state index in [9.17, 15) is 4.79 Å². The Morgan fingerprint density at radius 3 is 3.00 bits per heavy atom. The van der Waals surface area contributed by atoms with Crippen molar-refractivity contribution in [3.63, 3.8) is 0 Å². The lowest BCUT2D eigenvalue weighted by atomic mass is 10.1. The molecule has 0 aliphatic heterocycles. The quantitative estimate of drug-likeness (QED) is 0.757. The van der Waals surface area contributed by atoms with E-state index in [0.29, 0.717) is 6.42 Å². The monoisotopic (exact) mass is 193 g/mol. The number of ketones is 1. The second-order valence-electron chi connectivity index (χ2n) is 3.89. The third-order valence-corrected chi connectivity index (χ3v) is 2.81. The predicted octanol–water partition coefficient (Wildman–Crippen LogP) is 0.506. The molecule has 0 aromatic carbocycles. The van der Waals surface area contributed by atoms with E-state index in [1.54, 1.807) is 6.20 Å². The van der Waals surface area contributed by atoms with Gasteiger partial charge in [0, 0.05) is 18.9 Å². The molecular formula is C10H15N3O. The molecule has 1 aliphatic rings. The number of hydrogen-bond acceptors (Lipinski definition) is 3. The summed E-state index contributed by atoms with van der Waals surface area (Å²) in [7, 11) is 0. The molecule has 0 atom stereocenters. The molecule has 0 radical (unpaired) electrons. The molecule has 14 heavy (non-hydrogen) atoms. The first-order valence-electron chi connectivity index (χ1n) is 4.98. The van der Waals surface area contributed by atoms with Crippen molar-refractivity contribution in [3.8, 4) is 0 Å². The lowest BCUT2D eigenvalue weighted by Gasteiger charge is -2.08. The molecule has 4 heteroatoms. The molecular weight excluding hydrogens is 178 g/mol. The van der Waals surface area contributed by atoms with E-state index in [0.717, 1.165) is 25.2 Å². The van der Waals surface area contributed by atoms with Gasteiger partial charge in [0.2, 0.25) is 0 Å². The number of rotatable bonds is 4. The second kappa shape index (κ2) is 3.20. The minimum Gasteiger partial charge on any atom is -0.335 e. The van der Waals surface area contributed by atoms with Crippen LogP contribution in [0, 0.1) is 0 Å². The van der Waals surface area contributed by atoms with Crippen LogP contribution in [-0.4, -0.2) is 20.9 Å². The first-order chi connectivity index (χ1) is 6.65. The summed E-state index contributed by atoms with van der Waals surface area (Å²) >= 11 is 0. The van der Waals surface area contributed by atoms with Crippen molar-refractivity contribution in [2.45, 2.75) is 38.3 Å². The summed E-state index contributed by atoms with van der Waals surface area (Å²) in [4.78, 5) is 15.8. The molecule has 2 rings (SSSR count). The second-order valence-corrected chi connectivity index (χ2v) is 3.89. The molecule has 2 N–H and O–H groups in total. The Bertz CT molecular complexity index is 352. The predicted molar refractivity (Wildman–Crippen MR) is 52.8 cm³/mol. The van der Waals surface area contributed by atoms with Crippen molar-refractivity contribution in [2.75, 3.05) is 0 Å². The van der Waals surface area contributed by atoms with Crippen LogP contribution >= 0.6 is 0 Å². The number of nitrogens with zero attached hydrogens (tertiary/aromatic N) is 2. The fraction of sp³-hybridized carbons (Fsp3) is 0.600. The van der Waals surface area contributed by atoms with Gasteiger partial charge in [0.25, 0.3) is 0 Å². The van der Waals surface area contributed by atoms with Crippen molar-refractivity contribution in [2.24, 2.45) is 5.73 Å². The molecule has 0 bridgehead atoms. The van der Waals surface area contributed by atoms with E-state index >= 15 is 0 Å². The normalized spacial score (nSPS) is 18.1. The summed E-state index contributed by atoms with van der Waals surface area (Å²) in [6.07, 6.45) is 5.65. The highest BCUT2D eigenvalue weighted by molar-refractivity contribution is 5.92. The summed E-state index contributed by atoms with van der Waals surface area (Å²) in [5.74, 6) is 0.952. The molecule has 0 saturated heterocycles. The number of Topliss-reactive ketones (excluding diaryl/α,β-unsaturated/α-hetero) is 1. The number of carbonyl (C=O) groups excluding carboxylic acids is 1. The van der Waals surface area contributed by atoms with Gasteiger partial charge in [-0.1, -0.05) is 0 Å². The van der Waals surface area contributed by atoms with Gasteiger partial charge in [0.1, 0.15) is 5.82 Å². The van der Waals surface area contributed by atoms with Gasteiger partial charge in [-0.25, -0.2) is 4.98 Å². The topological polar surface area (TPSA) is 60.9 Å². The molecule has 1 fully saturated rings. The smallest absolute Gasteiger partial charge is 0.160 e. The summed E-state index contributed by atoms with van der Waals surface area (Å²) in [6.45, 7) is 2.88. The summed E-state index contributed by atoms with van der Waals surface area (Å²) in [5, 5.41) is 0. The molecule has 0 amide bonds. The molecule has 76 valence electrons. The third-order valence-electron chi connectivity index (χ3n) is 2.81. The standard InChI is InChI=1S/C10H15N3O/c1-2-13-6-5-12-9(13)7-8(14)10(11)3-4-10/h5-6H,2-4,7,11H2,1H3. The lowest BCUT2D eigenvalue weighted by molar-refractivity contribution is -0.120. The highest BCUT2D eigenvalue weighted by Crippen LogP contribution is 2.33. The molecule has 1 aromatic rings. The van der Waals surface area contributed by atoms with Crippen molar-refractivity contribution in [1.29, 1.82) is 0 Å². The number of nitrogens with two attached hydrogens (primary N) is 1. The Morgan fingerprint density at radius 1 is 1.71 bits per heavy atom. The number of imidazole rings is 1. The average Bonchev–Trinajstić information content (AvgIpc) is 2.78. The van der Waals surface area contributed by atoms with Gasteiger partial charge >= 0.3 is 0 Å². The number of hydrogen-bond donors (Lipinski definition) is 1. The molecule has 1 aliphatic carbocycles. The van der Waals surface area contributed by atoms with E-state index in [-0.39, 0.29) is 5.78 Å². The van der Waals surface area contributed by atoms with Gasteiger partial charge in [-0.2, -0.15) is 0 Å². The first kappa shape index (κ1) is 9.40. The van der Waals surface area contributed by atoms with Crippen molar-refractivity contribution < 1.29 is 4.79 Å². The van der Waals surface area contributed by atoms with E-state index in [4.69, 9.17) is 5.73 Å². The Hall–Kier alpha value is -1.16. The molecule has 1 aromatic heterocycles. The van der Waals surface area contributed by atoms with Gasteiger partial charge in [-0.15, -0.1) is 0 Å². The van der Waals surface area contributed by atoms with Gasteiger partial charge < -0.3 is 10.3 Å².